The van der Waals surface area contributed by atoms with Crippen molar-refractivity contribution in [3.05, 3.63) is 23.4 Å². The highest BCUT2D eigenvalue weighted by Crippen LogP contribution is 2.57. The van der Waals surface area contributed by atoms with Gasteiger partial charge in [-0.1, -0.05) is 0 Å². The number of methoxy groups -OCH3 is 2. The van der Waals surface area contributed by atoms with Crippen LogP contribution in [0.1, 0.15) is 49.9 Å². The number of piperidine rings is 1. The zero-order valence-electron chi connectivity index (χ0n) is 18.1. The molecule has 1 saturated heterocycles. The molecule has 7 nitrogen and oxygen atoms in total. The van der Waals surface area contributed by atoms with Crippen molar-refractivity contribution in [2.45, 2.75) is 45.1 Å². The minimum absolute atomic E-state index is 0.0541. The van der Waals surface area contributed by atoms with Gasteiger partial charge < -0.3 is 24.3 Å². The largest absolute Gasteiger partial charge is 0.493 e. The third kappa shape index (κ3) is 3.34. The first-order valence-electron chi connectivity index (χ1n) is 10.8. The minimum Gasteiger partial charge on any atom is -0.493 e. The minimum atomic E-state index is -0.186. The molecule has 1 aliphatic heterocycles. The first-order chi connectivity index (χ1) is 14.6. The van der Waals surface area contributed by atoms with Crippen LogP contribution in [0.15, 0.2) is 12.1 Å². The Morgan fingerprint density at radius 1 is 1.30 bits per heavy atom. The molecular weight excluding hydrogens is 384 g/mol. The number of carbonyl (C=O) groups is 1. The van der Waals surface area contributed by atoms with Crippen LogP contribution >= 0.6 is 0 Å². The van der Waals surface area contributed by atoms with E-state index in [1.54, 1.807) is 14.2 Å². The van der Waals surface area contributed by atoms with Gasteiger partial charge in [-0.25, -0.2) is 0 Å². The molecule has 1 aromatic heterocycles. The molecule has 2 aromatic rings. The molecule has 30 heavy (non-hydrogen) atoms. The lowest BCUT2D eigenvalue weighted by Crippen LogP contribution is -2.50. The first kappa shape index (κ1) is 21.0. The number of aromatic nitrogens is 1. The lowest BCUT2D eigenvalue weighted by molar-refractivity contribution is -0.149. The average Bonchev–Trinajstić information content (AvgIpc) is 3.11. The summed E-state index contributed by atoms with van der Waals surface area (Å²) in [6.07, 6.45) is 4.20. The van der Waals surface area contributed by atoms with Gasteiger partial charge in [0.25, 0.3) is 0 Å². The quantitative estimate of drug-likeness (QED) is 0.675. The van der Waals surface area contributed by atoms with Gasteiger partial charge in [0.1, 0.15) is 0 Å². The predicted octanol–water partition coefficient (Wildman–Crippen LogP) is 3.20. The third-order valence-corrected chi connectivity index (χ3v) is 6.84. The van der Waals surface area contributed by atoms with E-state index in [0.29, 0.717) is 31.1 Å². The van der Waals surface area contributed by atoms with Crippen molar-refractivity contribution >= 4 is 16.9 Å². The molecule has 0 radical (unpaired) electrons. The average molecular weight is 417 g/mol. The standard InChI is InChI=1S/C23H32N2O5/c1-4-30-18(27)14-23-9-5-11-25(12-13-26)22(23)19-15-6-7-17(28-2)21(29-3)20(15)24-16(19)8-10-23/h6-7,22,24,26H,4-5,8-14H2,1-3H3/t22-,23+/m0/s1. The van der Waals surface area contributed by atoms with Crippen LogP contribution < -0.4 is 9.47 Å². The third-order valence-electron chi connectivity index (χ3n) is 6.84. The summed E-state index contributed by atoms with van der Waals surface area (Å²) in [5.74, 6) is 1.26. The fourth-order valence-corrected chi connectivity index (χ4v) is 5.72. The Kier molecular flexibility index (Phi) is 5.93. The zero-order chi connectivity index (χ0) is 21.3. The number of β-amino-alcohol motifs (C(OH)–C–C–N with tert-alkyl or cyclic N) is 1. The lowest BCUT2D eigenvalue weighted by atomic mass is 9.62. The predicted molar refractivity (Wildman–Crippen MR) is 114 cm³/mol. The van der Waals surface area contributed by atoms with Crippen LogP contribution in [0.4, 0.5) is 0 Å². The van der Waals surface area contributed by atoms with E-state index < -0.39 is 0 Å². The van der Waals surface area contributed by atoms with Crippen LogP contribution in [-0.4, -0.2) is 61.5 Å². The molecule has 1 fully saturated rings. The Morgan fingerprint density at radius 2 is 2.13 bits per heavy atom. The molecule has 0 bridgehead atoms. The van der Waals surface area contributed by atoms with Crippen LogP contribution in [0.25, 0.3) is 10.9 Å². The molecule has 0 unspecified atom stereocenters. The smallest absolute Gasteiger partial charge is 0.306 e. The highest BCUT2D eigenvalue weighted by Gasteiger charge is 2.50. The van der Waals surface area contributed by atoms with Crippen molar-refractivity contribution in [2.75, 3.05) is 40.5 Å². The number of ether oxygens (including phenoxy) is 3. The summed E-state index contributed by atoms with van der Waals surface area (Å²) in [7, 11) is 3.29. The van der Waals surface area contributed by atoms with Crippen molar-refractivity contribution < 1.29 is 24.1 Å². The number of likely N-dealkylation sites (tertiary alicyclic amines) is 1. The van der Waals surface area contributed by atoms with Gasteiger partial charge in [0.15, 0.2) is 11.5 Å². The maximum atomic E-state index is 12.6. The number of aliphatic hydroxyl groups is 1. The fraction of sp³-hybridized carbons (Fsp3) is 0.609. The number of aliphatic hydroxyl groups excluding tert-OH is 1. The van der Waals surface area contributed by atoms with Crippen molar-refractivity contribution in [1.82, 2.24) is 9.88 Å². The molecule has 164 valence electrons. The Bertz CT molecular complexity index is 922. The molecule has 2 atom stereocenters. The Labute approximate surface area is 177 Å². The number of benzene rings is 1. The molecule has 2 N–H and O–H groups in total. The van der Waals surface area contributed by atoms with Gasteiger partial charge in [-0.15, -0.1) is 0 Å². The van der Waals surface area contributed by atoms with Crippen molar-refractivity contribution in [3.63, 3.8) is 0 Å². The molecule has 0 spiro atoms. The van der Waals surface area contributed by atoms with Crippen molar-refractivity contribution in [1.29, 1.82) is 0 Å². The second-order valence-electron chi connectivity index (χ2n) is 8.35. The molecule has 2 heterocycles. The van der Waals surface area contributed by atoms with Crippen LogP contribution in [0.5, 0.6) is 11.5 Å². The molecule has 4 rings (SSSR count). The van der Waals surface area contributed by atoms with Gasteiger partial charge >= 0.3 is 5.97 Å². The Balaban J connectivity index is 1.87. The number of esters is 1. The number of fused-ring (bicyclic) bond motifs is 5. The maximum absolute atomic E-state index is 12.6. The number of nitrogens with zero attached hydrogens (tertiary/aromatic N) is 1. The van der Waals surface area contributed by atoms with Crippen LogP contribution in [0.2, 0.25) is 0 Å². The van der Waals surface area contributed by atoms with Crippen LogP contribution in [-0.2, 0) is 16.0 Å². The monoisotopic (exact) mass is 416 g/mol. The highest BCUT2D eigenvalue weighted by molar-refractivity contribution is 5.92. The summed E-state index contributed by atoms with van der Waals surface area (Å²) in [6.45, 7) is 3.85. The van der Waals surface area contributed by atoms with Gasteiger partial charge in [-0.2, -0.15) is 0 Å². The molecule has 0 amide bonds. The van der Waals surface area contributed by atoms with Gasteiger partial charge in [0, 0.05) is 29.1 Å². The summed E-state index contributed by atoms with van der Waals surface area (Å²) in [4.78, 5) is 18.5. The van der Waals surface area contributed by atoms with Crippen molar-refractivity contribution in [3.8, 4) is 11.5 Å². The molecule has 2 aliphatic rings. The number of aromatic amines is 1. The van der Waals surface area contributed by atoms with Gasteiger partial charge in [0.2, 0.25) is 0 Å². The normalized spacial score (nSPS) is 23.7. The van der Waals surface area contributed by atoms with E-state index >= 15 is 0 Å². The number of nitrogens with one attached hydrogen (secondary N) is 1. The lowest BCUT2D eigenvalue weighted by Gasteiger charge is -2.52. The van der Waals surface area contributed by atoms with Crippen LogP contribution in [0.3, 0.4) is 0 Å². The van der Waals surface area contributed by atoms with Gasteiger partial charge in [-0.05, 0) is 56.8 Å². The molecule has 7 heteroatoms. The molecule has 0 saturated carbocycles. The number of H-pyrrole nitrogens is 1. The summed E-state index contributed by atoms with van der Waals surface area (Å²) in [5.41, 5.74) is 3.17. The first-order valence-corrected chi connectivity index (χ1v) is 10.8. The van der Waals surface area contributed by atoms with Crippen molar-refractivity contribution in [2.24, 2.45) is 5.41 Å². The second kappa shape index (κ2) is 8.47. The van der Waals surface area contributed by atoms with Gasteiger partial charge in [-0.3, -0.25) is 9.69 Å². The number of hydrogen-bond acceptors (Lipinski definition) is 6. The maximum Gasteiger partial charge on any atom is 0.306 e. The zero-order valence-corrected chi connectivity index (χ0v) is 18.1. The topological polar surface area (TPSA) is 84.0 Å². The van der Waals surface area contributed by atoms with E-state index in [9.17, 15) is 9.90 Å². The Hall–Kier alpha value is -2.25. The van der Waals surface area contributed by atoms with E-state index in [1.807, 2.05) is 13.0 Å². The summed E-state index contributed by atoms with van der Waals surface area (Å²) < 4.78 is 16.5. The van der Waals surface area contributed by atoms with Gasteiger partial charge in [0.05, 0.1) is 39.4 Å². The summed E-state index contributed by atoms with van der Waals surface area (Å²) >= 11 is 0. The highest BCUT2D eigenvalue weighted by atomic mass is 16.5. The SMILES string of the molecule is CCOC(=O)C[C@]12CCCN(CCO)[C@H]1c1c([nH]c3c(OC)c(OC)ccc13)CC2. The molecule has 1 aromatic carbocycles. The van der Waals surface area contributed by atoms with Crippen LogP contribution in [0, 0.1) is 5.41 Å². The fourth-order valence-electron chi connectivity index (χ4n) is 5.72. The number of rotatable bonds is 7. The number of hydrogen-bond donors (Lipinski definition) is 2. The van der Waals surface area contributed by atoms with E-state index in [4.69, 9.17) is 14.2 Å². The molecular formula is C23H32N2O5. The molecule has 1 aliphatic carbocycles. The number of carbonyl (C=O) groups excluding carboxylic acids is 1. The van der Waals surface area contributed by atoms with E-state index in [1.165, 1.54) is 11.3 Å². The van der Waals surface area contributed by atoms with E-state index in [2.05, 4.69) is 16.0 Å². The summed E-state index contributed by atoms with van der Waals surface area (Å²) in [6, 6.07) is 4.08. The van der Waals surface area contributed by atoms with E-state index in [-0.39, 0.29) is 24.0 Å². The number of aryl methyl sites for hydroxylation is 1. The summed E-state index contributed by atoms with van der Waals surface area (Å²) in [5, 5.41) is 10.8. The van der Waals surface area contributed by atoms with E-state index in [0.717, 1.165) is 43.1 Å². The Morgan fingerprint density at radius 3 is 2.83 bits per heavy atom. The second-order valence-corrected chi connectivity index (χ2v) is 8.35.